The number of pyridine rings is 1. The first-order valence-corrected chi connectivity index (χ1v) is 7.06. The van der Waals surface area contributed by atoms with Crippen LogP contribution in [0, 0.1) is 0 Å². The maximum atomic E-state index is 10.8. The number of aryl methyl sites for hydroxylation is 1. The van der Waals surface area contributed by atoms with Crippen LogP contribution in [0.2, 0.25) is 0 Å². The minimum Gasteiger partial charge on any atom is -0.495 e. The maximum Gasteiger partial charge on any atom is 0.143 e. The van der Waals surface area contributed by atoms with Crippen LogP contribution in [0.15, 0.2) is 42.6 Å². The minimum atomic E-state index is -0.618. The normalized spacial score (nSPS) is 19.2. The highest BCUT2D eigenvalue weighted by Crippen LogP contribution is 2.41. The van der Waals surface area contributed by atoms with E-state index in [0.29, 0.717) is 11.4 Å². The SMILES string of the molecule is COc1cccnc1C(O)C1CCCc2ccccc21. The number of aromatic nitrogens is 1. The molecule has 1 N–H and O–H groups in total. The Balaban J connectivity index is 1.97. The fourth-order valence-corrected chi connectivity index (χ4v) is 3.11. The highest BCUT2D eigenvalue weighted by molar-refractivity contribution is 5.37. The molecule has 0 spiro atoms. The van der Waals surface area contributed by atoms with E-state index in [0.717, 1.165) is 19.3 Å². The molecule has 104 valence electrons. The Kier molecular flexibility index (Phi) is 3.70. The molecule has 0 saturated heterocycles. The average molecular weight is 269 g/mol. The maximum absolute atomic E-state index is 10.8. The van der Waals surface area contributed by atoms with Crippen molar-refractivity contribution in [2.45, 2.75) is 31.3 Å². The molecular formula is C17H19NO2. The number of methoxy groups -OCH3 is 1. The fourth-order valence-electron chi connectivity index (χ4n) is 3.11. The zero-order chi connectivity index (χ0) is 13.9. The van der Waals surface area contributed by atoms with Gasteiger partial charge >= 0.3 is 0 Å². The van der Waals surface area contributed by atoms with Crippen molar-refractivity contribution >= 4 is 0 Å². The summed E-state index contributed by atoms with van der Waals surface area (Å²) < 4.78 is 5.32. The summed E-state index contributed by atoms with van der Waals surface area (Å²) in [5.41, 5.74) is 3.23. The van der Waals surface area contributed by atoms with Crippen LogP contribution in [0.4, 0.5) is 0 Å². The molecule has 2 atom stereocenters. The summed E-state index contributed by atoms with van der Waals surface area (Å²) >= 11 is 0. The second-order valence-corrected chi connectivity index (χ2v) is 5.23. The summed E-state index contributed by atoms with van der Waals surface area (Å²) in [5.74, 6) is 0.756. The second-order valence-electron chi connectivity index (χ2n) is 5.23. The summed E-state index contributed by atoms with van der Waals surface area (Å²) in [5, 5.41) is 10.8. The molecular weight excluding hydrogens is 250 g/mol. The highest BCUT2D eigenvalue weighted by Gasteiger charge is 2.29. The molecule has 1 aromatic heterocycles. The van der Waals surface area contributed by atoms with Gasteiger partial charge in [0.1, 0.15) is 17.5 Å². The van der Waals surface area contributed by atoms with Crippen LogP contribution < -0.4 is 4.74 Å². The third kappa shape index (κ3) is 2.29. The Hall–Kier alpha value is -1.87. The Morgan fingerprint density at radius 1 is 1.25 bits per heavy atom. The summed E-state index contributed by atoms with van der Waals surface area (Å²) in [6.07, 6.45) is 4.27. The number of nitrogens with zero attached hydrogens (tertiary/aromatic N) is 1. The van der Waals surface area contributed by atoms with Gasteiger partial charge in [-0.25, -0.2) is 0 Å². The van der Waals surface area contributed by atoms with E-state index in [1.807, 2.05) is 18.2 Å². The number of ether oxygens (including phenoxy) is 1. The first-order chi connectivity index (χ1) is 9.81. The molecule has 1 heterocycles. The van der Waals surface area contributed by atoms with Gasteiger partial charge in [0.15, 0.2) is 0 Å². The van der Waals surface area contributed by atoms with Crippen LogP contribution in [-0.2, 0) is 6.42 Å². The summed E-state index contributed by atoms with van der Waals surface area (Å²) in [6.45, 7) is 0. The molecule has 3 rings (SSSR count). The zero-order valence-electron chi connectivity index (χ0n) is 11.6. The van der Waals surface area contributed by atoms with Crippen LogP contribution >= 0.6 is 0 Å². The topological polar surface area (TPSA) is 42.4 Å². The molecule has 0 amide bonds. The number of hydrogen-bond donors (Lipinski definition) is 1. The summed E-state index contributed by atoms with van der Waals surface area (Å²) in [6, 6.07) is 12.1. The lowest BCUT2D eigenvalue weighted by atomic mass is 9.79. The molecule has 3 heteroatoms. The number of fused-ring (bicyclic) bond motifs is 1. The lowest BCUT2D eigenvalue weighted by molar-refractivity contribution is 0.128. The molecule has 3 nitrogen and oxygen atoms in total. The van der Waals surface area contributed by atoms with Gasteiger partial charge < -0.3 is 9.84 Å². The molecule has 0 radical (unpaired) electrons. The first kappa shape index (κ1) is 13.1. The number of aliphatic hydroxyl groups excluding tert-OH is 1. The van der Waals surface area contributed by atoms with Crippen molar-refractivity contribution in [2.75, 3.05) is 7.11 Å². The molecule has 20 heavy (non-hydrogen) atoms. The van der Waals surface area contributed by atoms with Crippen molar-refractivity contribution in [2.24, 2.45) is 0 Å². The molecule has 0 aliphatic heterocycles. The van der Waals surface area contributed by atoms with Gasteiger partial charge in [-0.05, 0) is 42.5 Å². The Morgan fingerprint density at radius 3 is 2.95 bits per heavy atom. The molecule has 0 saturated carbocycles. The monoisotopic (exact) mass is 269 g/mol. The molecule has 2 aromatic rings. The number of rotatable bonds is 3. The molecule has 1 aliphatic rings. The Morgan fingerprint density at radius 2 is 2.10 bits per heavy atom. The van der Waals surface area contributed by atoms with Crippen LogP contribution in [0.25, 0.3) is 0 Å². The van der Waals surface area contributed by atoms with Crippen molar-refractivity contribution in [3.63, 3.8) is 0 Å². The van der Waals surface area contributed by atoms with Gasteiger partial charge in [0.2, 0.25) is 0 Å². The van der Waals surface area contributed by atoms with Gasteiger partial charge in [-0.3, -0.25) is 4.98 Å². The predicted molar refractivity (Wildman–Crippen MR) is 77.9 cm³/mol. The van der Waals surface area contributed by atoms with Crippen molar-refractivity contribution in [1.29, 1.82) is 0 Å². The highest BCUT2D eigenvalue weighted by atomic mass is 16.5. The first-order valence-electron chi connectivity index (χ1n) is 7.06. The molecule has 0 bridgehead atoms. The lowest BCUT2D eigenvalue weighted by Gasteiger charge is -2.29. The second kappa shape index (κ2) is 5.63. The van der Waals surface area contributed by atoms with E-state index >= 15 is 0 Å². The van der Waals surface area contributed by atoms with Gasteiger partial charge in [-0.1, -0.05) is 24.3 Å². The van der Waals surface area contributed by atoms with E-state index < -0.39 is 6.10 Å². The van der Waals surface area contributed by atoms with Crippen molar-refractivity contribution in [1.82, 2.24) is 4.98 Å². The minimum absolute atomic E-state index is 0.101. The third-order valence-electron chi connectivity index (χ3n) is 4.10. The predicted octanol–water partition coefficient (Wildman–Crippen LogP) is 3.24. The van der Waals surface area contributed by atoms with Crippen molar-refractivity contribution in [3.05, 3.63) is 59.4 Å². The standard InChI is InChI=1S/C17H19NO2/c1-20-15-10-5-11-18-16(15)17(19)14-9-4-7-12-6-2-3-8-13(12)14/h2-3,5-6,8,10-11,14,17,19H,4,7,9H2,1H3. The molecule has 1 aliphatic carbocycles. The fraction of sp³-hybridized carbons (Fsp3) is 0.353. The molecule has 1 aromatic carbocycles. The van der Waals surface area contributed by atoms with E-state index in [1.165, 1.54) is 11.1 Å². The van der Waals surface area contributed by atoms with Crippen molar-refractivity contribution < 1.29 is 9.84 Å². The molecule has 2 unspecified atom stereocenters. The van der Waals surface area contributed by atoms with Crippen LogP contribution in [0.5, 0.6) is 5.75 Å². The Labute approximate surface area is 119 Å². The average Bonchev–Trinajstić information content (AvgIpc) is 2.53. The van der Waals surface area contributed by atoms with Gasteiger partial charge in [-0.2, -0.15) is 0 Å². The summed E-state index contributed by atoms with van der Waals surface area (Å²) in [7, 11) is 1.61. The van der Waals surface area contributed by atoms with E-state index in [1.54, 1.807) is 13.3 Å². The van der Waals surface area contributed by atoms with Gasteiger partial charge in [0.05, 0.1) is 7.11 Å². The van der Waals surface area contributed by atoms with Crippen LogP contribution in [-0.4, -0.2) is 17.2 Å². The van der Waals surface area contributed by atoms with Crippen molar-refractivity contribution in [3.8, 4) is 5.75 Å². The van der Waals surface area contributed by atoms with Crippen LogP contribution in [0.1, 0.15) is 41.7 Å². The van der Waals surface area contributed by atoms with E-state index in [4.69, 9.17) is 4.74 Å². The molecule has 0 fully saturated rings. The van der Waals surface area contributed by atoms with Gasteiger partial charge in [0.25, 0.3) is 0 Å². The Bertz CT molecular complexity index is 597. The van der Waals surface area contributed by atoms with Crippen LogP contribution in [0.3, 0.4) is 0 Å². The van der Waals surface area contributed by atoms with E-state index in [9.17, 15) is 5.11 Å². The number of aliphatic hydroxyl groups is 1. The number of benzene rings is 1. The third-order valence-corrected chi connectivity index (χ3v) is 4.10. The largest absolute Gasteiger partial charge is 0.495 e. The smallest absolute Gasteiger partial charge is 0.143 e. The zero-order valence-corrected chi connectivity index (χ0v) is 11.6. The van der Waals surface area contributed by atoms with Gasteiger partial charge in [-0.15, -0.1) is 0 Å². The van der Waals surface area contributed by atoms with Gasteiger partial charge in [0, 0.05) is 12.1 Å². The van der Waals surface area contributed by atoms with E-state index in [2.05, 4.69) is 23.2 Å². The quantitative estimate of drug-likeness (QED) is 0.930. The number of hydrogen-bond acceptors (Lipinski definition) is 3. The lowest BCUT2D eigenvalue weighted by Crippen LogP contribution is -2.18. The van der Waals surface area contributed by atoms with E-state index in [-0.39, 0.29) is 5.92 Å². The summed E-state index contributed by atoms with van der Waals surface area (Å²) in [4.78, 5) is 4.32.